The molecule has 7 rings (SSSR count). The first kappa shape index (κ1) is 30.6. The van der Waals surface area contributed by atoms with Gasteiger partial charge in [-0.15, -0.1) is 0 Å². The van der Waals surface area contributed by atoms with Crippen molar-refractivity contribution in [1.82, 2.24) is 10.2 Å². The SMILES string of the molecule is CC1(C)CC2C3=C(c4cccc(C(N)=O)c4)CC4C5(C)Cc6c(n[nH]c6N)C(C)(C)C5CCC4(C)C3(C)CCC2[C@H](C(=O)O)C1. The Bertz CT molecular complexity index is 1630. The van der Waals surface area contributed by atoms with Gasteiger partial charge in [0.05, 0.1) is 11.6 Å². The van der Waals surface area contributed by atoms with Gasteiger partial charge in [0.25, 0.3) is 0 Å². The molecule has 0 saturated heterocycles. The van der Waals surface area contributed by atoms with Crippen LogP contribution in [0.1, 0.15) is 121 Å². The lowest BCUT2D eigenvalue weighted by molar-refractivity contribution is -0.161. The van der Waals surface area contributed by atoms with Gasteiger partial charge in [-0.2, -0.15) is 5.10 Å². The zero-order valence-corrected chi connectivity index (χ0v) is 28.2. The van der Waals surface area contributed by atoms with E-state index in [9.17, 15) is 14.7 Å². The lowest BCUT2D eigenvalue weighted by Gasteiger charge is -2.70. The van der Waals surface area contributed by atoms with E-state index < -0.39 is 11.9 Å². The van der Waals surface area contributed by atoms with Gasteiger partial charge in [-0.3, -0.25) is 14.7 Å². The molecular formula is C38H52N4O3. The fraction of sp³-hybridized carbons (Fsp3) is 0.658. The van der Waals surface area contributed by atoms with Crippen LogP contribution in [0.5, 0.6) is 0 Å². The molecule has 0 radical (unpaired) electrons. The van der Waals surface area contributed by atoms with Crippen LogP contribution in [0.15, 0.2) is 29.8 Å². The minimum Gasteiger partial charge on any atom is -0.481 e. The summed E-state index contributed by atoms with van der Waals surface area (Å²) in [6, 6.07) is 7.93. The quantitative estimate of drug-likeness (QED) is 0.287. The Balaban J connectivity index is 1.47. The highest BCUT2D eigenvalue weighted by molar-refractivity contribution is 5.94. The molecule has 5 aliphatic carbocycles. The van der Waals surface area contributed by atoms with E-state index >= 15 is 0 Å². The van der Waals surface area contributed by atoms with E-state index in [1.165, 1.54) is 16.7 Å². The molecule has 45 heavy (non-hydrogen) atoms. The Labute approximate surface area is 268 Å². The molecule has 7 heteroatoms. The van der Waals surface area contributed by atoms with Crippen LogP contribution < -0.4 is 11.5 Å². The molecule has 3 saturated carbocycles. The number of nitrogen functional groups attached to an aromatic ring is 1. The lowest BCUT2D eigenvalue weighted by atomic mass is 9.33. The van der Waals surface area contributed by atoms with Crippen LogP contribution in [0.25, 0.3) is 5.57 Å². The number of carbonyl (C=O) groups is 2. The van der Waals surface area contributed by atoms with Crippen molar-refractivity contribution in [2.24, 2.45) is 57.0 Å². The molecule has 0 aliphatic heterocycles. The van der Waals surface area contributed by atoms with E-state index in [0.717, 1.165) is 62.6 Å². The average Bonchev–Trinajstić information content (AvgIpc) is 3.32. The Morgan fingerprint density at radius 3 is 2.42 bits per heavy atom. The van der Waals surface area contributed by atoms with Crippen molar-refractivity contribution < 1.29 is 14.7 Å². The fourth-order valence-corrected chi connectivity index (χ4v) is 12.5. The maximum atomic E-state index is 12.8. The standard InChI is InChI=1S/C38H52N4O3/c1-34(2)17-24-22(25(18-34)33(44)45)11-13-38(7)29(24)23(20-9-8-10-21(15-20)32(40)43)16-28-36(5)19-26-30(41-42-31(26)39)35(3,4)27(36)12-14-37(28,38)6/h8-10,15,22,24-25,27-28H,11-14,16-19H2,1-7H3,(H2,40,43)(H,44,45)(H3,39,41,42)/t22?,24?,25-,27?,28?,36?,37?,38?/m1/s1. The van der Waals surface area contributed by atoms with Crippen LogP contribution in [-0.2, 0) is 16.6 Å². The van der Waals surface area contributed by atoms with Crippen molar-refractivity contribution in [2.45, 2.75) is 105 Å². The highest BCUT2D eigenvalue weighted by atomic mass is 16.4. The number of fused-ring (bicyclic) bond motifs is 8. The molecule has 3 fully saturated rings. The zero-order valence-electron chi connectivity index (χ0n) is 28.2. The van der Waals surface area contributed by atoms with Crippen molar-refractivity contribution in [1.29, 1.82) is 0 Å². The first-order valence-corrected chi connectivity index (χ1v) is 17.1. The molecule has 1 heterocycles. The van der Waals surface area contributed by atoms with E-state index in [2.05, 4.69) is 59.6 Å². The third kappa shape index (κ3) is 4.03. The van der Waals surface area contributed by atoms with Crippen molar-refractivity contribution in [3.8, 4) is 0 Å². The molecule has 2 aromatic rings. The van der Waals surface area contributed by atoms with Gasteiger partial charge >= 0.3 is 5.97 Å². The Hall–Kier alpha value is -3.09. The van der Waals surface area contributed by atoms with Gasteiger partial charge in [0.15, 0.2) is 0 Å². The van der Waals surface area contributed by atoms with Gasteiger partial charge in [0.1, 0.15) is 5.82 Å². The first-order chi connectivity index (χ1) is 20.9. The molecule has 5 aliphatic rings. The molecule has 7 nitrogen and oxygen atoms in total. The smallest absolute Gasteiger partial charge is 0.306 e. The average molecular weight is 613 g/mol. The van der Waals surface area contributed by atoms with Crippen molar-refractivity contribution in [3.63, 3.8) is 0 Å². The summed E-state index contributed by atoms with van der Waals surface area (Å²) in [5.41, 5.74) is 18.9. The predicted molar refractivity (Wildman–Crippen MR) is 177 cm³/mol. The van der Waals surface area contributed by atoms with Gasteiger partial charge < -0.3 is 16.6 Å². The monoisotopic (exact) mass is 612 g/mol. The first-order valence-electron chi connectivity index (χ1n) is 17.1. The molecule has 0 spiro atoms. The van der Waals surface area contributed by atoms with E-state index in [-0.39, 0.29) is 44.8 Å². The number of allylic oxidation sites excluding steroid dienone is 2. The summed E-state index contributed by atoms with van der Waals surface area (Å²) in [7, 11) is 0. The van der Waals surface area contributed by atoms with Crippen LogP contribution >= 0.6 is 0 Å². The Morgan fingerprint density at radius 1 is 1.00 bits per heavy atom. The minimum atomic E-state index is -0.648. The van der Waals surface area contributed by atoms with Crippen molar-refractivity contribution >= 4 is 23.3 Å². The molecule has 8 atom stereocenters. The van der Waals surface area contributed by atoms with Crippen LogP contribution in [0.4, 0.5) is 5.82 Å². The van der Waals surface area contributed by atoms with Crippen molar-refractivity contribution in [2.75, 3.05) is 5.73 Å². The number of hydrogen-bond acceptors (Lipinski definition) is 4. The molecule has 7 unspecified atom stereocenters. The number of nitrogens with zero attached hydrogens (tertiary/aromatic N) is 1. The summed E-state index contributed by atoms with van der Waals surface area (Å²) >= 11 is 0. The number of carbonyl (C=O) groups excluding carboxylic acids is 1. The maximum absolute atomic E-state index is 12.8. The number of carboxylic acid groups (broad SMARTS) is 1. The number of amides is 1. The van der Waals surface area contributed by atoms with Crippen molar-refractivity contribution in [3.05, 3.63) is 52.2 Å². The third-order valence-electron chi connectivity index (χ3n) is 14.6. The number of rotatable bonds is 3. The highest BCUT2D eigenvalue weighted by Crippen LogP contribution is 2.76. The summed E-state index contributed by atoms with van der Waals surface area (Å²) < 4.78 is 0. The minimum absolute atomic E-state index is 0.0190. The van der Waals surface area contributed by atoms with Gasteiger partial charge in [-0.25, -0.2) is 0 Å². The van der Waals surface area contributed by atoms with Gasteiger partial charge in [0.2, 0.25) is 5.91 Å². The number of anilines is 1. The van der Waals surface area contributed by atoms with Crippen LogP contribution in [-0.4, -0.2) is 27.2 Å². The molecular weight excluding hydrogens is 560 g/mol. The van der Waals surface area contributed by atoms with Crippen LogP contribution in [0.2, 0.25) is 0 Å². The lowest BCUT2D eigenvalue weighted by Crippen LogP contribution is -2.64. The fourth-order valence-electron chi connectivity index (χ4n) is 12.5. The number of aromatic nitrogens is 2. The highest BCUT2D eigenvalue weighted by Gasteiger charge is 2.68. The second kappa shape index (κ2) is 9.48. The maximum Gasteiger partial charge on any atom is 0.306 e. The normalized spacial score (nSPS) is 39.5. The number of primary amides is 1. The van der Waals surface area contributed by atoms with Gasteiger partial charge in [0, 0.05) is 16.5 Å². The molecule has 242 valence electrons. The third-order valence-corrected chi connectivity index (χ3v) is 14.6. The summed E-state index contributed by atoms with van der Waals surface area (Å²) in [5.74, 6) is 0.434. The summed E-state index contributed by atoms with van der Waals surface area (Å²) in [5, 5.41) is 18.4. The topological polar surface area (TPSA) is 135 Å². The number of H-pyrrole nitrogens is 1. The number of carboxylic acids is 1. The predicted octanol–water partition coefficient (Wildman–Crippen LogP) is 7.37. The van der Waals surface area contributed by atoms with E-state index in [4.69, 9.17) is 16.6 Å². The van der Waals surface area contributed by atoms with Gasteiger partial charge in [-0.1, -0.05) is 66.2 Å². The summed E-state index contributed by atoms with van der Waals surface area (Å²) in [4.78, 5) is 25.2. The Kier molecular flexibility index (Phi) is 6.44. The number of benzene rings is 1. The second-order valence-corrected chi connectivity index (χ2v) is 17.6. The van der Waals surface area contributed by atoms with Crippen LogP contribution in [0, 0.1) is 51.2 Å². The molecule has 6 N–H and O–H groups in total. The van der Waals surface area contributed by atoms with E-state index in [1.54, 1.807) is 0 Å². The second-order valence-electron chi connectivity index (χ2n) is 17.6. The number of aliphatic carboxylic acids is 1. The van der Waals surface area contributed by atoms with Gasteiger partial charge in [-0.05, 0) is 120 Å². The summed E-state index contributed by atoms with van der Waals surface area (Å²) in [6.45, 7) is 16.9. The number of aromatic amines is 1. The number of hydrogen-bond donors (Lipinski definition) is 4. The molecule has 0 bridgehead atoms. The largest absolute Gasteiger partial charge is 0.481 e. The summed E-state index contributed by atoms with van der Waals surface area (Å²) in [6.07, 6.45) is 7.73. The molecule has 1 amide bonds. The Morgan fingerprint density at radius 2 is 1.73 bits per heavy atom. The number of nitrogens with two attached hydrogens (primary N) is 2. The van der Waals surface area contributed by atoms with Crippen LogP contribution in [0.3, 0.4) is 0 Å². The van der Waals surface area contributed by atoms with E-state index in [1.807, 2.05) is 18.2 Å². The number of nitrogens with one attached hydrogen (secondary N) is 1. The molecule has 1 aromatic carbocycles. The van der Waals surface area contributed by atoms with E-state index in [0.29, 0.717) is 23.2 Å². The molecule has 1 aromatic heterocycles. The zero-order chi connectivity index (χ0) is 32.5.